The van der Waals surface area contributed by atoms with E-state index in [0.717, 1.165) is 29.6 Å². The van der Waals surface area contributed by atoms with Crippen molar-refractivity contribution < 1.29 is 0 Å². The fourth-order valence-electron chi connectivity index (χ4n) is 2.26. The number of aromatic nitrogens is 1. The molecule has 0 saturated heterocycles. The van der Waals surface area contributed by atoms with Crippen molar-refractivity contribution in [2.45, 2.75) is 65.1 Å². The summed E-state index contributed by atoms with van der Waals surface area (Å²) in [4.78, 5) is 7.25. The van der Waals surface area contributed by atoms with Crippen LogP contribution in [-0.4, -0.2) is 23.6 Å². The quantitative estimate of drug-likeness (QED) is 0.785. The van der Waals surface area contributed by atoms with Crippen LogP contribution in [0.2, 0.25) is 5.02 Å². The third-order valence-corrected chi connectivity index (χ3v) is 3.96. The molecule has 0 amide bonds. The highest BCUT2D eigenvalue weighted by Crippen LogP contribution is 2.32. The second-order valence-corrected chi connectivity index (χ2v) is 6.32. The van der Waals surface area contributed by atoms with Crippen LogP contribution in [-0.2, 0) is 6.54 Å². The minimum Gasteiger partial charge on any atom is -0.354 e. The van der Waals surface area contributed by atoms with E-state index in [9.17, 15) is 0 Å². The molecule has 0 atom stereocenters. The van der Waals surface area contributed by atoms with Crippen molar-refractivity contribution in [1.29, 1.82) is 0 Å². The van der Waals surface area contributed by atoms with Gasteiger partial charge in [0.05, 0.1) is 10.7 Å². The van der Waals surface area contributed by atoms with Crippen molar-refractivity contribution in [2.75, 3.05) is 11.4 Å². The van der Waals surface area contributed by atoms with Crippen LogP contribution in [0, 0.1) is 0 Å². The number of unbranched alkanes of at least 4 members (excludes halogenated alkanes) is 1. The topological polar surface area (TPSA) is 28.2 Å². The largest absolute Gasteiger partial charge is 0.354 e. The molecule has 4 heteroatoms. The summed E-state index contributed by atoms with van der Waals surface area (Å²) in [5.41, 5.74) is 0.958. The lowest BCUT2D eigenvalue weighted by molar-refractivity contribution is 0.580. The summed E-state index contributed by atoms with van der Waals surface area (Å²) in [5, 5.41) is 4.15. The zero-order valence-corrected chi connectivity index (χ0v) is 13.6. The van der Waals surface area contributed by atoms with Crippen LogP contribution in [0.5, 0.6) is 0 Å². The first-order valence-corrected chi connectivity index (χ1v) is 8.15. The maximum absolute atomic E-state index is 6.26. The Hall–Kier alpha value is -0.800. The van der Waals surface area contributed by atoms with Gasteiger partial charge in [-0.15, -0.1) is 0 Å². The molecule has 1 N–H and O–H groups in total. The summed E-state index contributed by atoms with van der Waals surface area (Å²) in [6, 6.07) is 5.19. The average Bonchev–Trinajstić information content (AvgIpc) is 3.23. The molecule has 0 spiro atoms. The van der Waals surface area contributed by atoms with E-state index in [0.29, 0.717) is 12.1 Å². The molecule has 1 fully saturated rings. The lowest BCUT2D eigenvalue weighted by atomic mass is 10.2. The number of halogens is 1. The molecule has 1 aromatic rings. The van der Waals surface area contributed by atoms with Gasteiger partial charge in [0.1, 0.15) is 5.82 Å². The molecule has 2 rings (SSSR count). The van der Waals surface area contributed by atoms with Gasteiger partial charge in [0.15, 0.2) is 0 Å². The van der Waals surface area contributed by atoms with Crippen molar-refractivity contribution in [3.8, 4) is 0 Å². The van der Waals surface area contributed by atoms with E-state index in [-0.39, 0.29) is 0 Å². The summed E-state index contributed by atoms with van der Waals surface area (Å²) in [6.45, 7) is 8.34. The standard InChI is InChI=1S/C16H26ClN3/c1-4-5-10-20(13-6-7-13)16-9-8-14(17)15(19-16)11-18-12(2)3/h8-9,12-13,18H,4-7,10-11H2,1-3H3. The molecule has 0 radical (unpaired) electrons. The summed E-state index contributed by atoms with van der Waals surface area (Å²) in [5.74, 6) is 1.09. The van der Waals surface area contributed by atoms with Gasteiger partial charge in [0.25, 0.3) is 0 Å². The van der Waals surface area contributed by atoms with Gasteiger partial charge in [-0.3, -0.25) is 0 Å². The van der Waals surface area contributed by atoms with Crippen LogP contribution < -0.4 is 10.2 Å². The van der Waals surface area contributed by atoms with Crippen molar-refractivity contribution >= 4 is 17.4 Å². The Kier molecular flexibility index (Phi) is 5.67. The third-order valence-electron chi connectivity index (χ3n) is 3.62. The normalized spacial score (nSPS) is 14.8. The van der Waals surface area contributed by atoms with E-state index in [1.807, 2.05) is 6.07 Å². The van der Waals surface area contributed by atoms with Crippen molar-refractivity contribution in [3.63, 3.8) is 0 Å². The first-order chi connectivity index (χ1) is 9.61. The van der Waals surface area contributed by atoms with Crippen LogP contribution >= 0.6 is 11.6 Å². The Labute approximate surface area is 127 Å². The van der Waals surface area contributed by atoms with Gasteiger partial charge in [-0.2, -0.15) is 0 Å². The predicted molar refractivity (Wildman–Crippen MR) is 86.5 cm³/mol. The molecule has 0 unspecified atom stereocenters. The molecule has 1 heterocycles. The highest BCUT2D eigenvalue weighted by molar-refractivity contribution is 6.31. The summed E-state index contributed by atoms with van der Waals surface area (Å²) in [7, 11) is 0. The molecule has 1 aliphatic carbocycles. The molecule has 1 aliphatic rings. The minimum absolute atomic E-state index is 0.441. The second kappa shape index (κ2) is 7.28. The third kappa shape index (κ3) is 4.35. The molecule has 0 aliphatic heterocycles. The smallest absolute Gasteiger partial charge is 0.129 e. The van der Waals surface area contributed by atoms with Crippen LogP contribution in [0.15, 0.2) is 12.1 Å². The number of nitrogens with one attached hydrogen (secondary N) is 1. The fraction of sp³-hybridized carbons (Fsp3) is 0.688. The van der Waals surface area contributed by atoms with E-state index in [1.165, 1.54) is 25.7 Å². The van der Waals surface area contributed by atoms with Crippen LogP contribution in [0.25, 0.3) is 0 Å². The number of nitrogens with zero attached hydrogens (tertiary/aromatic N) is 2. The Morgan fingerprint density at radius 2 is 2.15 bits per heavy atom. The summed E-state index contributed by atoms with van der Waals surface area (Å²) >= 11 is 6.26. The Bertz CT molecular complexity index is 430. The predicted octanol–water partition coefficient (Wildman–Crippen LogP) is 4.00. The molecular formula is C16H26ClN3. The van der Waals surface area contributed by atoms with Crippen molar-refractivity contribution in [3.05, 3.63) is 22.8 Å². The molecule has 0 bridgehead atoms. The average molecular weight is 296 g/mol. The van der Waals surface area contributed by atoms with Crippen molar-refractivity contribution in [2.24, 2.45) is 0 Å². The SMILES string of the molecule is CCCCN(c1ccc(Cl)c(CNC(C)C)n1)C1CC1. The monoisotopic (exact) mass is 295 g/mol. The number of hydrogen-bond acceptors (Lipinski definition) is 3. The molecule has 1 aromatic heterocycles. The summed E-state index contributed by atoms with van der Waals surface area (Å²) < 4.78 is 0. The molecule has 112 valence electrons. The molecular weight excluding hydrogens is 270 g/mol. The Morgan fingerprint density at radius 1 is 1.40 bits per heavy atom. The Balaban J connectivity index is 2.11. The van der Waals surface area contributed by atoms with Crippen LogP contribution in [0.3, 0.4) is 0 Å². The lowest BCUT2D eigenvalue weighted by Gasteiger charge is -2.24. The zero-order chi connectivity index (χ0) is 14.5. The van der Waals surface area contributed by atoms with Gasteiger partial charge in [0, 0.05) is 25.2 Å². The van der Waals surface area contributed by atoms with E-state index in [4.69, 9.17) is 16.6 Å². The molecule has 1 saturated carbocycles. The zero-order valence-electron chi connectivity index (χ0n) is 12.8. The first kappa shape index (κ1) is 15.6. The molecule has 20 heavy (non-hydrogen) atoms. The lowest BCUT2D eigenvalue weighted by Crippen LogP contribution is -2.28. The van der Waals surface area contributed by atoms with Gasteiger partial charge < -0.3 is 10.2 Å². The maximum Gasteiger partial charge on any atom is 0.129 e. The van der Waals surface area contributed by atoms with E-state index >= 15 is 0 Å². The van der Waals surface area contributed by atoms with Crippen molar-refractivity contribution in [1.82, 2.24) is 10.3 Å². The molecule has 3 nitrogen and oxygen atoms in total. The first-order valence-electron chi connectivity index (χ1n) is 7.77. The molecule has 0 aromatic carbocycles. The number of rotatable bonds is 8. The number of pyridine rings is 1. The van der Waals surface area contributed by atoms with E-state index < -0.39 is 0 Å². The maximum atomic E-state index is 6.26. The van der Waals surface area contributed by atoms with Gasteiger partial charge in [0.2, 0.25) is 0 Å². The highest BCUT2D eigenvalue weighted by Gasteiger charge is 2.29. The fourth-order valence-corrected chi connectivity index (χ4v) is 2.43. The van der Waals surface area contributed by atoms with Gasteiger partial charge in [-0.05, 0) is 31.4 Å². The Morgan fingerprint density at radius 3 is 2.75 bits per heavy atom. The second-order valence-electron chi connectivity index (χ2n) is 5.91. The number of anilines is 1. The number of hydrogen-bond donors (Lipinski definition) is 1. The highest BCUT2D eigenvalue weighted by atomic mass is 35.5. The van der Waals surface area contributed by atoms with E-state index in [1.54, 1.807) is 0 Å². The van der Waals surface area contributed by atoms with Gasteiger partial charge in [-0.1, -0.05) is 38.8 Å². The van der Waals surface area contributed by atoms with Crippen LogP contribution in [0.4, 0.5) is 5.82 Å². The van der Waals surface area contributed by atoms with Gasteiger partial charge in [-0.25, -0.2) is 4.98 Å². The minimum atomic E-state index is 0.441. The van der Waals surface area contributed by atoms with Crippen LogP contribution in [0.1, 0.15) is 52.1 Å². The van der Waals surface area contributed by atoms with Gasteiger partial charge >= 0.3 is 0 Å². The summed E-state index contributed by atoms with van der Waals surface area (Å²) in [6.07, 6.45) is 5.04. The van der Waals surface area contributed by atoms with E-state index in [2.05, 4.69) is 37.1 Å².